The van der Waals surface area contributed by atoms with Crippen molar-refractivity contribution in [3.63, 3.8) is 0 Å². The molecule has 1 aliphatic rings. The smallest absolute Gasteiger partial charge is 0.303 e. The zero-order chi connectivity index (χ0) is 20.7. The first-order valence-corrected chi connectivity index (χ1v) is 8.74. The lowest BCUT2D eigenvalue weighted by atomic mass is 9.98. The Kier molecular flexibility index (Phi) is 7.91. The number of carbonyl (C=O) groups excluding carboxylic acids is 3. The minimum absolute atomic E-state index is 0.105. The summed E-state index contributed by atoms with van der Waals surface area (Å²) in [6, 6.07) is 9.16. The average molecular weight is 396 g/mol. The van der Waals surface area contributed by atoms with E-state index >= 15 is 0 Å². The maximum Gasteiger partial charge on any atom is 0.303 e. The van der Waals surface area contributed by atoms with E-state index in [0.29, 0.717) is 0 Å². The monoisotopic (exact) mass is 396 g/mol. The summed E-state index contributed by atoms with van der Waals surface area (Å²) in [5.74, 6) is -1.86. The molecule has 9 nitrogen and oxygen atoms in total. The zero-order valence-corrected chi connectivity index (χ0v) is 15.9. The number of rotatable bonds is 7. The van der Waals surface area contributed by atoms with Crippen molar-refractivity contribution in [3.8, 4) is 0 Å². The Bertz CT molecular complexity index is 675. The Hall–Kier alpha value is -2.49. The maximum atomic E-state index is 11.6. The molecule has 0 unspecified atom stereocenters. The van der Waals surface area contributed by atoms with Crippen LogP contribution in [0, 0.1) is 0 Å². The fraction of sp³-hybridized carbons (Fsp3) is 0.526. The lowest BCUT2D eigenvalue weighted by Crippen LogP contribution is -2.62. The average Bonchev–Trinajstić information content (AvgIpc) is 2.62. The molecule has 1 fully saturated rings. The third kappa shape index (κ3) is 6.29. The number of esters is 3. The second kappa shape index (κ2) is 10.2. The van der Waals surface area contributed by atoms with Gasteiger partial charge in [-0.1, -0.05) is 30.3 Å². The number of benzene rings is 1. The van der Waals surface area contributed by atoms with Crippen LogP contribution in [0.5, 0.6) is 0 Å². The molecule has 5 atom stereocenters. The van der Waals surface area contributed by atoms with Crippen molar-refractivity contribution in [2.24, 2.45) is 0 Å². The number of aliphatic hydroxyl groups is 1. The predicted octanol–water partition coefficient (Wildman–Crippen LogP) is 0.715. The Balaban J connectivity index is 2.26. The minimum atomic E-state index is -1.56. The molecule has 28 heavy (non-hydrogen) atoms. The highest BCUT2D eigenvalue weighted by Crippen LogP contribution is 2.28. The molecule has 9 heteroatoms. The van der Waals surface area contributed by atoms with E-state index in [1.165, 1.54) is 20.8 Å². The summed E-state index contributed by atoms with van der Waals surface area (Å²) >= 11 is 0. The van der Waals surface area contributed by atoms with Crippen molar-refractivity contribution in [3.05, 3.63) is 35.9 Å². The van der Waals surface area contributed by atoms with Gasteiger partial charge in [0.1, 0.15) is 18.8 Å². The van der Waals surface area contributed by atoms with Crippen LogP contribution in [0.3, 0.4) is 0 Å². The third-order valence-electron chi connectivity index (χ3n) is 3.95. The topological polar surface area (TPSA) is 118 Å². The van der Waals surface area contributed by atoms with Gasteiger partial charge in [-0.2, -0.15) is 0 Å². The van der Waals surface area contributed by atoms with Crippen LogP contribution < -0.4 is 0 Å². The maximum absolute atomic E-state index is 11.6. The summed E-state index contributed by atoms with van der Waals surface area (Å²) < 4.78 is 26.7. The van der Waals surface area contributed by atoms with Gasteiger partial charge in [-0.25, -0.2) is 0 Å². The number of hydrogen-bond acceptors (Lipinski definition) is 9. The van der Waals surface area contributed by atoms with Crippen LogP contribution in [0.4, 0.5) is 0 Å². The van der Waals surface area contributed by atoms with Crippen LogP contribution in [0.25, 0.3) is 0 Å². The van der Waals surface area contributed by atoms with E-state index < -0.39 is 48.6 Å². The molecular weight excluding hydrogens is 372 g/mol. The first kappa shape index (κ1) is 21.8. The summed E-state index contributed by atoms with van der Waals surface area (Å²) in [4.78, 5) is 34.2. The molecule has 0 spiro atoms. The molecule has 1 N–H and O–H groups in total. The highest BCUT2D eigenvalue weighted by Gasteiger charge is 2.50. The Morgan fingerprint density at radius 3 is 2.11 bits per heavy atom. The molecule has 1 aromatic rings. The molecule has 1 aromatic carbocycles. The first-order chi connectivity index (χ1) is 13.3. The lowest BCUT2D eigenvalue weighted by molar-refractivity contribution is -0.302. The normalized spacial score (nSPS) is 26.9. The molecule has 0 amide bonds. The van der Waals surface area contributed by atoms with Gasteiger partial charge in [-0.15, -0.1) is 0 Å². The fourth-order valence-corrected chi connectivity index (χ4v) is 2.84. The summed E-state index contributed by atoms with van der Waals surface area (Å²) in [6.07, 6.45) is -5.92. The van der Waals surface area contributed by atoms with Gasteiger partial charge in [0.15, 0.2) is 18.5 Å². The fourth-order valence-electron chi connectivity index (χ4n) is 2.84. The zero-order valence-electron chi connectivity index (χ0n) is 15.9. The number of hydrogen-bond donors (Lipinski definition) is 1. The van der Waals surface area contributed by atoms with E-state index in [-0.39, 0.29) is 13.2 Å². The molecule has 0 bridgehead atoms. The minimum Gasteiger partial charge on any atom is -0.463 e. The van der Waals surface area contributed by atoms with E-state index in [4.69, 9.17) is 23.7 Å². The summed E-state index contributed by atoms with van der Waals surface area (Å²) in [7, 11) is 0. The van der Waals surface area contributed by atoms with Crippen LogP contribution in [0.2, 0.25) is 0 Å². The van der Waals surface area contributed by atoms with Crippen LogP contribution in [0.15, 0.2) is 30.3 Å². The first-order valence-electron chi connectivity index (χ1n) is 8.74. The molecule has 1 heterocycles. The summed E-state index contributed by atoms with van der Waals surface area (Å²) in [6.45, 7) is 3.41. The number of carbonyl (C=O) groups is 3. The third-order valence-corrected chi connectivity index (χ3v) is 3.95. The Morgan fingerprint density at radius 2 is 1.54 bits per heavy atom. The second-order valence-electron chi connectivity index (χ2n) is 6.28. The van der Waals surface area contributed by atoms with E-state index in [1.54, 1.807) is 0 Å². The van der Waals surface area contributed by atoms with Gasteiger partial charge in [0.25, 0.3) is 0 Å². The molecular formula is C19H24O9. The van der Waals surface area contributed by atoms with Crippen molar-refractivity contribution in [1.29, 1.82) is 0 Å². The Morgan fingerprint density at radius 1 is 0.929 bits per heavy atom. The van der Waals surface area contributed by atoms with Gasteiger partial charge in [0.05, 0.1) is 6.61 Å². The summed E-state index contributed by atoms with van der Waals surface area (Å²) in [5, 5.41) is 10.3. The van der Waals surface area contributed by atoms with Gasteiger partial charge in [-0.3, -0.25) is 14.4 Å². The van der Waals surface area contributed by atoms with Gasteiger partial charge in [-0.05, 0) is 5.56 Å². The number of aliphatic hydroxyl groups excluding tert-OH is 1. The molecule has 0 radical (unpaired) electrons. The standard InChI is InChI=1S/C19H24O9/c1-11(20)24-10-15-16(26-12(2)21)17(18(19(23)28-15)27-13(3)22)25-9-14-7-5-4-6-8-14/h4-8,15-19,23H,9-10H2,1-3H3/t15-,16-,17+,18-,19-/m1/s1. The van der Waals surface area contributed by atoms with Crippen molar-refractivity contribution in [1.82, 2.24) is 0 Å². The van der Waals surface area contributed by atoms with Crippen molar-refractivity contribution < 1.29 is 43.2 Å². The van der Waals surface area contributed by atoms with E-state index in [0.717, 1.165) is 5.56 Å². The molecule has 2 rings (SSSR count). The van der Waals surface area contributed by atoms with Crippen LogP contribution in [0.1, 0.15) is 26.3 Å². The largest absolute Gasteiger partial charge is 0.463 e. The van der Waals surface area contributed by atoms with Gasteiger partial charge in [0.2, 0.25) is 0 Å². The van der Waals surface area contributed by atoms with E-state index in [9.17, 15) is 19.5 Å². The van der Waals surface area contributed by atoms with Gasteiger partial charge >= 0.3 is 17.9 Å². The van der Waals surface area contributed by atoms with Crippen LogP contribution in [-0.4, -0.2) is 60.3 Å². The molecule has 154 valence electrons. The van der Waals surface area contributed by atoms with Gasteiger partial charge in [0, 0.05) is 20.8 Å². The highest BCUT2D eigenvalue weighted by atomic mass is 16.7. The lowest BCUT2D eigenvalue weighted by Gasteiger charge is -2.43. The van der Waals surface area contributed by atoms with E-state index in [2.05, 4.69) is 0 Å². The van der Waals surface area contributed by atoms with Crippen molar-refractivity contribution >= 4 is 17.9 Å². The molecule has 1 saturated heterocycles. The molecule has 0 aliphatic carbocycles. The highest BCUT2D eigenvalue weighted by molar-refractivity contribution is 5.67. The van der Waals surface area contributed by atoms with Crippen LogP contribution >= 0.6 is 0 Å². The van der Waals surface area contributed by atoms with E-state index in [1.807, 2.05) is 30.3 Å². The number of ether oxygens (including phenoxy) is 5. The van der Waals surface area contributed by atoms with Crippen molar-refractivity contribution in [2.45, 2.75) is 58.1 Å². The Labute approximate surface area is 162 Å². The summed E-state index contributed by atoms with van der Waals surface area (Å²) in [5.41, 5.74) is 0.822. The quantitative estimate of drug-likeness (QED) is 0.525. The SMILES string of the molecule is CC(=O)OC[C@H]1O[C@@H](O)[C@H](OC(C)=O)[C@@H](OCc2ccccc2)[C@@H]1OC(C)=O. The second-order valence-corrected chi connectivity index (χ2v) is 6.28. The van der Waals surface area contributed by atoms with Gasteiger partial charge < -0.3 is 28.8 Å². The predicted molar refractivity (Wildman–Crippen MR) is 93.6 cm³/mol. The molecule has 1 aliphatic heterocycles. The molecule has 0 saturated carbocycles. The molecule has 0 aromatic heterocycles. The van der Waals surface area contributed by atoms with Crippen LogP contribution in [-0.2, 0) is 44.7 Å². The van der Waals surface area contributed by atoms with Crippen molar-refractivity contribution in [2.75, 3.05) is 6.61 Å².